The molecule has 0 aliphatic heterocycles. The molecule has 0 saturated carbocycles. The van der Waals surface area contributed by atoms with Gasteiger partial charge in [0, 0.05) is 31.2 Å². The average molecular weight is 588 g/mol. The lowest BCUT2D eigenvalue weighted by atomic mass is 10.1. The van der Waals surface area contributed by atoms with Crippen molar-refractivity contribution in [1.29, 1.82) is 0 Å². The topological polar surface area (TPSA) is 94.5 Å². The van der Waals surface area contributed by atoms with Crippen molar-refractivity contribution in [3.05, 3.63) is 94.8 Å². The number of aliphatic carboxylic acids is 1. The fourth-order valence-electron chi connectivity index (χ4n) is 3.87. The number of rotatable bonds is 17. The highest BCUT2D eigenvalue weighted by Gasteiger charge is 2.18. The van der Waals surface area contributed by atoms with E-state index in [1.807, 2.05) is 0 Å². The summed E-state index contributed by atoms with van der Waals surface area (Å²) in [7, 11) is 0. The Bertz CT molecular complexity index is 1210. The average Bonchev–Trinajstić information content (AvgIpc) is 2.96. The Hall–Kier alpha value is -3.66. The van der Waals surface area contributed by atoms with Gasteiger partial charge >= 0.3 is 12.1 Å². The Morgan fingerprint density at radius 3 is 2.20 bits per heavy atom. The van der Waals surface area contributed by atoms with Crippen LogP contribution in [0.1, 0.15) is 30.9 Å². The van der Waals surface area contributed by atoms with Crippen molar-refractivity contribution in [1.82, 2.24) is 4.90 Å². The van der Waals surface area contributed by atoms with Crippen LogP contribution in [0.2, 0.25) is 5.02 Å². The number of hydrogen-bond acceptors (Lipinski definition) is 6. The molecule has 3 aromatic carbocycles. The number of ether oxygens (including phenoxy) is 4. The molecule has 0 aliphatic rings. The monoisotopic (exact) mass is 587 g/mol. The highest BCUT2D eigenvalue weighted by atomic mass is 35.5. The summed E-state index contributed by atoms with van der Waals surface area (Å²) in [5.74, 6) is -0.309. The first-order valence-corrected chi connectivity index (χ1v) is 13.8. The number of unbranched alkanes of at least 4 members (excludes halogenated alkanes) is 1. The third-order valence-electron chi connectivity index (χ3n) is 6.04. The van der Waals surface area contributed by atoms with E-state index < -0.39 is 18.2 Å². The van der Waals surface area contributed by atoms with Crippen LogP contribution < -0.4 is 9.47 Å². The molecule has 0 heterocycles. The summed E-state index contributed by atoms with van der Waals surface area (Å²) >= 11 is 5.93. The van der Waals surface area contributed by atoms with E-state index >= 15 is 0 Å². The lowest BCUT2D eigenvalue weighted by Crippen LogP contribution is -2.37. The van der Waals surface area contributed by atoms with E-state index in [0.717, 1.165) is 11.1 Å². The summed E-state index contributed by atoms with van der Waals surface area (Å²) in [6.45, 7) is 3.90. The summed E-state index contributed by atoms with van der Waals surface area (Å²) in [6.07, 6.45) is 0.238. The highest BCUT2D eigenvalue weighted by Crippen LogP contribution is 2.18. The van der Waals surface area contributed by atoms with Gasteiger partial charge in [-0.3, -0.25) is 0 Å². The van der Waals surface area contributed by atoms with Crippen molar-refractivity contribution in [3.8, 4) is 11.5 Å². The number of hydrogen-bond donors (Lipinski definition) is 1. The van der Waals surface area contributed by atoms with Crippen LogP contribution >= 0.6 is 11.6 Å². The first-order chi connectivity index (χ1) is 19.8. The molecule has 0 bridgehead atoms. The molecule has 8 nitrogen and oxygen atoms in total. The number of carbonyl (C=O) groups is 2. The number of carboxylic acid groups (broad SMARTS) is 1. The minimum Gasteiger partial charge on any atom is -0.492 e. The lowest BCUT2D eigenvalue weighted by Gasteiger charge is -2.22. The predicted octanol–water partition coefficient (Wildman–Crippen LogP) is 6.39. The van der Waals surface area contributed by atoms with Crippen LogP contribution in [0.15, 0.2) is 72.8 Å². The van der Waals surface area contributed by atoms with Gasteiger partial charge in [0.1, 0.15) is 23.9 Å². The SMILES string of the molecule is CCOC(Cc1ccc(OCCN(CCCCOCc2ccc(F)cc2)C(=O)Oc2ccc(Cl)cc2)cc1)C(=O)O. The Balaban J connectivity index is 1.48. The van der Waals surface area contributed by atoms with E-state index in [4.69, 9.17) is 30.5 Å². The van der Waals surface area contributed by atoms with Crippen LogP contribution in [0.3, 0.4) is 0 Å². The minimum atomic E-state index is -1.00. The standard InChI is InChI=1S/C31H35ClFNO7/c1-2-39-29(30(35)36)21-23-7-13-27(14-8-23)40-20-18-34(31(37)41-28-15-9-25(32)10-16-28)17-3-4-19-38-22-24-5-11-26(33)12-6-24/h5-16,29H,2-4,17-22H2,1H3,(H,35,36). The summed E-state index contributed by atoms with van der Waals surface area (Å²) in [6, 6.07) is 19.8. The second kappa shape index (κ2) is 17.2. The number of amides is 1. The van der Waals surface area contributed by atoms with E-state index in [-0.39, 0.29) is 25.4 Å². The quantitative estimate of drug-likeness (QED) is 0.183. The smallest absolute Gasteiger partial charge is 0.415 e. The van der Waals surface area contributed by atoms with Gasteiger partial charge in [0.2, 0.25) is 0 Å². The molecule has 0 aromatic heterocycles. The molecular weight excluding hydrogens is 553 g/mol. The third-order valence-corrected chi connectivity index (χ3v) is 6.30. The Morgan fingerprint density at radius 2 is 1.54 bits per heavy atom. The van der Waals surface area contributed by atoms with Gasteiger partial charge < -0.3 is 29.0 Å². The number of nitrogens with zero attached hydrogens (tertiary/aromatic N) is 1. The fourth-order valence-corrected chi connectivity index (χ4v) is 3.99. The molecule has 3 rings (SSSR count). The molecule has 1 atom stereocenters. The zero-order chi connectivity index (χ0) is 29.5. The highest BCUT2D eigenvalue weighted by molar-refractivity contribution is 6.30. The second-order valence-electron chi connectivity index (χ2n) is 9.17. The Labute approximate surface area is 244 Å². The van der Waals surface area contributed by atoms with Crippen LogP contribution in [-0.2, 0) is 27.3 Å². The van der Waals surface area contributed by atoms with Gasteiger partial charge in [-0.25, -0.2) is 14.0 Å². The first kappa shape index (κ1) is 31.9. The van der Waals surface area contributed by atoms with Crippen molar-refractivity contribution in [2.75, 3.05) is 32.9 Å². The van der Waals surface area contributed by atoms with Crippen LogP contribution in [-0.4, -0.2) is 61.1 Å². The van der Waals surface area contributed by atoms with E-state index in [0.29, 0.717) is 55.7 Å². The fraction of sp³-hybridized carbons (Fsp3) is 0.355. The molecule has 0 fully saturated rings. The molecule has 0 aliphatic carbocycles. The molecule has 1 unspecified atom stereocenters. The first-order valence-electron chi connectivity index (χ1n) is 13.4. The van der Waals surface area contributed by atoms with Crippen LogP contribution in [0.5, 0.6) is 11.5 Å². The van der Waals surface area contributed by atoms with Crippen molar-refractivity contribution in [2.45, 2.75) is 38.9 Å². The second-order valence-corrected chi connectivity index (χ2v) is 9.61. The molecule has 0 spiro atoms. The molecular formula is C31H35ClFNO7. The van der Waals surface area contributed by atoms with Crippen molar-refractivity contribution in [2.24, 2.45) is 0 Å². The van der Waals surface area contributed by atoms with Crippen molar-refractivity contribution in [3.63, 3.8) is 0 Å². The maximum absolute atomic E-state index is 13.0. The zero-order valence-corrected chi connectivity index (χ0v) is 23.7. The molecule has 1 N–H and O–H groups in total. The van der Waals surface area contributed by atoms with E-state index in [9.17, 15) is 19.1 Å². The van der Waals surface area contributed by atoms with Gasteiger partial charge in [-0.15, -0.1) is 0 Å². The van der Waals surface area contributed by atoms with Gasteiger partial charge in [0.15, 0.2) is 6.10 Å². The van der Waals surface area contributed by atoms with Gasteiger partial charge in [0.05, 0.1) is 13.2 Å². The molecule has 0 saturated heterocycles. The van der Waals surface area contributed by atoms with Crippen molar-refractivity contribution >= 4 is 23.7 Å². The Morgan fingerprint density at radius 1 is 0.878 bits per heavy atom. The number of benzene rings is 3. The molecule has 3 aromatic rings. The van der Waals surface area contributed by atoms with E-state index in [1.165, 1.54) is 12.1 Å². The maximum Gasteiger partial charge on any atom is 0.415 e. The van der Waals surface area contributed by atoms with E-state index in [1.54, 1.807) is 72.5 Å². The lowest BCUT2D eigenvalue weighted by molar-refractivity contribution is -0.149. The molecule has 220 valence electrons. The molecule has 10 heteroatoms. The normalized spacial score (nSPS) is 11.6. The molecule has 0 radical (unpaired) electrons. The van der Waals surface area contributed by atoms with Crippen LogP contribution in [0, 0.1) is 5.82 Å². The zero-order valence-electron chi connectivity index (χ0n) is 23.0. The van der Waals surface area contributed by atoms with Crippen molar-refractivity contribution < 1.29 is 38.0 Å². The van der Waals surface area contributed by atoms with Gasteiger partial charge in [-0.05, 0) is 79.4 Å². The predicted molar refractivity (Wildman–Crippen MR) is 153 cm³/mol. The maximum atomic E-state index is 13.0. The number of carboxylic acids is 1. The molecule has 1 amide bonds. The number of carbonyl (C=O) groups excluding carboxylic acids is 1. The molecule has 41 heavy (non-hydrogen) atoms. The van der Waals surface area contributed by atoms with Gasteiger partial charge in [0.25, 0.3) is 0 Å². The van der Waals surface area contributed by atoms with Gasteiger partial charge in [-0.1, -0.05) is 35.9 Å². The summed E-state index contributed by atoms with van der Waals surface area (Å²) < 4.78 is 35.4. The van der Waals surface area contributed by atoms with Crippen LogP contribution in [0.4, 0.5) is 9.18 Å². The Kier molecular flexibility index (Phi) is 13.4. The van der Waals surface area contributed by atoms with Gasteiger partial charge in [-0.2, -0.15) is 0 Å². The third kappa shape index (κ3) is 11.8. The summed E-state index contributed by atoms with van der Waals surface area (Å²) in [5, 5.41) is 9.82. The summed E-state index contributed by atoms with van der Waals surface area (Å²) in [4.78, 5) is 25.8. The number of halogens is 2. The van der Waals surface area contributed by atoms with Crippen LogP contribution in [0.25, 0.3) is 0 Å². The minimum absolute atomic E-state index is 0.229. The largest absolute Gasteiger partial charge is 0.492 e. The van der Waals surface area contributed by atoms with E-state index in [2.05, 4.69) is 0 Å². The summed E-state index contributed by atoms with van der Waals surface area (Å²) in [5.41, 5.74) is 1.70.